The minimum Gasteiger partial charge on any atom is -0.383 e. The summed E-state index contributed by atoms with van der Waals surface area (Å²) in [7, 11) is 3.60. The van der Waals surface area contributed by atoms with Crippen molar-refractivity contribution in [3.8, 4) is 0 Å². The zero-order valence-electron chi connectivity index (χ0n) is 28.7. The van der Waals surface area contributed by atoms with Gasteiger partial charge >= 0.3 is 0 Å². The SMILES string of the molecule is COCCNc1ccccc1C1(C(C)/C=C/C=C/C=C2/N(CCOC)c3ccc4c(c3C23CCCCC3)C=CCC4)CCCCC1. The minimum absolute atomic E-state index is 0.0986. The number of rotatable bonds is 12. The molecule has 2 aromatic carbocycles. The van der Waals surface area contributed by atoms with Crippen LogP contribution in [0.5, 0.6) is 0 Å². The zero-order chi connectivity index (χ0) is 31.8. The molecule has 1 unspecified atom stereocenters. The van der Waals surface area contributed by atoms with Crippen molar-refractivity contribution < 1.29 is 9.47 Å². The molecule has 1 aliphatic heterocycles. The quantitative estimate of drug-likeness (QED) is 0.189. The summed E-state index contributed by atoms with van der Waals surface area (Å²) < 4.78 is 11.0. The predicted octanol–water partition coefficient (Wildman–Crippen LogP) is 9.91. The summed E-state index contributed by atoms with van der Waals surface area (Å²) in [6.45, 7) is 5.60. The van der Waals surface area contributed by atoms with Gasteiger partial charge < -0.3 is 19.7 Å². The highest BCUT2D eigenvalue weighted by atomic mass is 16.5. The van der Waals surface area contributed by atoms with E-state index in [1.165, 1.54) is 98.0 Å². The van der Waals surface area contributed by atoms with Crippen LogP contribution in [0.2, 0.25) is 0 Å². The lowest BCUT2D eigenvalue weighted by atomic mass is 9.62. The number of nitrogens with zero attached hydrogens (tertiary/aromatic N) is 1. The number of ether oxygens (including phenoxy) is 2. The Bertz CT molecular complexity index is 1440. The molecule has 1 spiro atoms. The van der Waals surface area contributed by atoms with Gasteiger partial charge in [-0.05, 0) is 84.9 Å². The molecule has 46 heavy (non-hydrogen) atoms. The molecule has 3 aliphatic carbocycles. The smallest absolute Gasteiger partial charge is 0.0642 e. The molecule has 1 heterocycles. The van der Waals surface area contributed by atoms with Gasteiger partial charge in [0.2, 0.25) is 0 Å². The van der Waals surface area contributed by atoms with Gasteiger partial charge in [-0.3, -0.25) is 0 Å². The number of allylic oxidation sites excluding steroid dienone is 7. The highest BCUT2D eigenvalue weighted by Crippen LogP contribution is 2.57. The standard InChI is InChI=1S/C42H56N2O2/c1-33(41(25-13-5-14-26-41)36-20-11-12-21-37(36)43-29-31-45-2)17-7-4-8-22-39-42(27-15-6-16-28-42)40-35-19-10-9-18-34(35)23-24-38(40)44(39)30-32-46-3/h4,7-8,10-12,17,19-24,33,43H,5-6,9,13-16,18,25-32H2,1-3H3/b8-4+,17-7+,39-22+. The van der Waals surface area contributed by atoms with Crippen LogP contribution in [0.25, 0.3) is 6.08 Å². The first-order valence-electron chi connectivity index (χ1n) is 18.1. The number of methoxy groups -OCH3 is 2. The average Bonchev–Trinajstić information content (AvgIpc) is 3.35. The summed E-state index contributed by atoms with van der Waals surface area (Å²) in [5.41, 5.74) is 10.5. The Morgan fingerprint density at radius 2 is 1.63 bits per heavy atom. The summed E-state index contributed by atoms with van der Waals surface area (Å²) in [6, 6.07) is 13.8. The molecule has 0 saturated heterocycles. The topological polar surface area (TPSA) is 33.7 Å². The van der Waals surface area contributed by atoms with Crippen molar-refractivity contribution >= 4 is 17.5 Å². The van der Waals surface area contributed by atoms with E-state index in [0.717, 1.165) is 32.5 Å². The third-order valence-corrected chi connectivity index (χ3v) is 11.5. The normalized spacial score (nSPS) is 21.7. The highest BCUT2D eigenvalue weighted by Gasteiger charge is 2.48. The van der Waals surface area contributed by atoms with Gasteiger partial charge in [0, 0.05) is 55.2 Å². The van der Waals surface area contributed by atoms with Crippen molar-refractivity contribution in [3.63, 3.8) is 0 Å². The fourth-order valence-electron chi connectivity index (χ4n) is 9.22. The Labute approximate surface area is 278 Å². The molecule has 246 valence electrons. The maximum Gasteiger partial charge on any atom is 0.0642 e. The van der Waals surface area contributed by atoms with Crippen LogP contribution in [0.15, 0.2) is 78.6 Å². The third kappa shape index (κ3) is 6.40. The molecule has 0 amide bonds. The van der Waals surface area contributed by atoms with Gasteiger partial charge in [-0.25, -0.2) is 0 Å². The summed E-state index contributed by atoms with van der Waals surface area (Å²) in [4.78, 5) is 2.59. The van der Waals surface area contributed by atoms with Crippen LogP contribution in [0.3, 0.4) is 0 Å². The molecule has 4 aliphatic rings. The van der Waals surface area contributed by atoms with Crippen LogP contribution in [0.4, 0.5) is 11.4 Å². The van der Waals surface area contributed by atoms with E-state index in [0.29, 0.717) is 12.5 Å². The zero-order valence-corrected chi connectivity index (χ0v) is 28.7. The van der Waals surface area contributed by atoms with E-state index in [1.54, 1.807) is 12.7 Å². The van der Waals surface area contributed by atoms with Crippen molar-refractivity contribution in [2.24, 2.45) is 5.92 Å². The number of aryl methyl sites for hydroxylation is 1. The van der Waals surface area contributed by atoms with Gasteiger partial charge in [-0.1, -0.05) is 106 Å². The maximum atomic E-state index is 5.64. The summed E-state index contributed by atoms with van der Waals surface area (Å²) in [6.07, 6.45) is 31.8. The number of benzene rings is 2. The number of nitrogens with one attached hydrogen (secondary N) is 1. The number of fused-ring (bicyclic) bond motifs is 4. The number of anilines is 2. The molecule has 2 fully saturated rings. The Morgan fingerprint density at radius 1 is 0.870 bits per heavy atom. The highest BCUT2D eigenvalue weighted by molar-refractivity contribution is 5.80. The van der Waals surface area contributed by atoms with E-state index in [4.69, 9.17) is 9.47 Å². The van der Waals surface area contributed by atoms with Gasteiger partial charge in [-0.2, -0.15) is 0 Å². The average molecular weight is 621 g/mol. The van der Waals surface area contributed by atoms with Crippen molar-refractivity contribution in [2.45, 2.75) is 94.8 Å². The summed E-state index contributed by atoms with van der Waals surface area (Å²) >= 11 is 0. The molecule has 0 bridgehead atoms. The second-order valence-corrected chi connectivity index (χ2v) is 14.1. The van der Waals surface area contributed by atoms with Gasteiger partial charge in [0.1, 0.15) is 0 Å². The van der Waals surface area contributed by atoms with Crippen LogP contribution < -0.4 is 10.2 Å². The van der Waals surface area contributed by atoms with E-state index >= 15 is 0 Å². The molecule has 2 saturated carbocycles. The van der Waals surface area contributed by atoms with Crippen LogP contribution in [0.1, 0.15) is 99.8 Å². The van der Waals surface area contributed by atoms with Crippen molar-refractivity contribution in [1.29, 1.82) is 0 Å². The largest absolute Gasteiger partial charge is 0.383 e. The third-order valence-electron chi connectivity index (χ3n) is 11.5. The number of para-hydroxylation sites is 1. The minimum atomic E-state index is 0.0986. The number of hydrogen-bond acceptors (Lipinski definition) is 4. The second kappa shape index (κ2) is 15.2. The first kappa shape index (κ1) is 32.8. The van der Waals surface area contributed by atoms with Crippen molar-refractivity contribution in [3.05, 3.63) is 101 Å². The fraction of sp³-hybridized carbons (Fsp3) is 0.524. The lowest BCUT2D eigenvalue weighted by molar-refractivity contribution is 0.206. The Kier molecular flexibility index (Phi) is 10.9. The monoisotopic (exact) mass is 620 g/mol. The maximum absolute atomic E-state index is 5.64. The van der Waals surface area contributed by atoms with E-state index in [9.17, 15) is 0 Å². The predicted molar refractivity (Wildman–Crippen MR) is 195 cm³/mol. The second-order valence-electron chi connectivity index (χ2n) is 14.1. The molecule has 1 N–H and O–H groups in total. The summed E-state index contributed by atoms with van der Waals surface area (Å²) in [5.74, 6) is 0.437. The van der Waals surface area contributed by atoms with Crippen LogP contribution >= 0.6 is 0 Å². The van der Waals surface area contributed by atoms with Gasteiger partial charge in [0.15, 0.2) is 0 Å². The van der Waals surface area contributed by atoms with Gasteiger partial charge in [-0.15, -0.1) is 0 Å². The molecule has 1 atom stereocenters. The molecule has 2 aromatic rings. The molecule has 0 radical (unpaired) electrons. The first-order valence-corrected chi connectivity index (χ1v) is 18.1. The first-order chi connectivity index (χ1) is 22.6. The van der Waals surface area contributed by atoms with Gasteiger partial charge in [0.25, 0.3) is 0 Å². The Hall–Kier alpha value is -3.08. The molecular formula is C42H56N2O2. The Balaban J connectivity index is 1.29. The Morgan fingerprint density at radius 3 is 2.41 bits per heavy atom. The van der Waals surface area contributed by atoms with E-state index in [1.807, 2.05) is 7.11 Å². The van der Waals surface area contributed by atoms with Crippen molar-refractivity contribution in [1.82, 2.24) is 0 Å². The molecule has 4 nitrogen and oxygen atoms in total. The van der Waals surface area contributed by atoms with Gasteiger partial charge in [0.05, 0.1) is 13.2 Å². The molecule has 0 aromatic heterocycles. The molecular weight excluding hydrogens is 564 g/mol. The van der Waals surface area contributed by atoms with Crippen LogP contribution in [0, 0.1) is 5.92 Å². The lowest BCUT2D eigenvalue weighted by Gasteiger charge is -2.43. The lowest BCUT2D eigenvalue weighted by Crippen LogP contribution is -2.36. The van der Waals surface area contributed by atoms with Crippen LogP contribution in [-0.2, 0) is 26.7 Å². The fourth-order valence-corrected chi connectivity index (χ4v) is 9.22. The van der Waals surface area contributed by atoms with Crippen molar-refractivity contribution in [2.75, 3.05) is 50.7 Å². The molecule has 4 heteroatoms. The summed E-state index contributed by atoms with van der Waals surface area (Å²) in [5, 5.41) is 3.68. The van der Waals surface area contributed by atoms with E-state index in [-0.39, 0.29) is 10.8 Å². The van der Waals surface area contributed by atoms with Crippen LogP contribution in [-0.4, -0.2) is 40.5 Å². The number of hydrogen-bond donors (Lipinski definition) is 1. The van der Waals surface area contributed by atoms with E-state index < -0.39 is 0 Å². The van der Waals surface area contributed by atoms with E-state index in [2.05, 4.69) is 96.1 Å². The molecule has 6 rings (SSSR count).